The molecule has 1 aliphatic carbocycles. The lowest BCUT2D eigenvalue weighted by molar-refractivity contribution is -0.133. The van der Waals surface area contributed by atoms with E-state index in [4.69, 9.17) is 0 Å². The number of rotatable bonds is 5. The van der Waals surface area contributed by atoms with Crippen LogP contribution in [0.4, 0.5) is 0 Å². The van der Waals surface area contributed by atoms with Crippen LogP contribution in [0.15, 0.2) is 60.7 Å². The molecule has 1 saturated carbocycles. The van der Waals surface area contributed by atoms with Gasteiger partial charge in [-0.25, -0.2) is 0 Å². The molecule has 140 valence electrons. The third-order valence-electron chi connectivity index (χ3n) is 5.61. The molecule has 4 heteroatoms. The van der Waals surface area contributed by atoms with E-state index in [1.807, 2.05) is 65.6 Å². The number of carbonyl (C=O) groups excluding carboxylic acids is 2. The molecule has 2 fully saturated rings. The molecule has 4 rings (SSSR count). The highest BCUT2D eigenvalue weighted by Crippen LogP contribution is 2.30. The molecular weight excluding hydrogens is 336 g/mol. The van der Waals surface area contributed by atoms with Crippen LogP contribution < -0.4 is 5.32 Å². The number of nitrogens with one attached hydrogen (secondary N) is 1. The van der Waals surface area contributed by atoms with Crippen LogP contribution in [0, 0.1) is 5.92 Å². The van der Waals surface area contributed by atoms with Crippen molar-refractivity contribution in [2.75, 3.05) is 13.1 Å². The van der Waals surface area contributed by atoms with Crippen molar-refractivity contribution in [3.63, 3.8) is 0 Å². The molecule has 2 amide bonds. The molecule has 27 heavy (non-hydrogen) atoms. The van der Waals surface area contributed by atoms with E-state index in [0.717, 1.165) is 36.8 Å². The molecular formula is C23H26N2O2. The highest BCUT2D eigenvalue weighted by molar-refractivity contribution is 5.87. The third kappa shape index (κ3) is 4.21. The fraction of sp³-hybridized carbons (Fsp3) is 0.391. The maximum absolute atomic E-state index is 13.4. The number of likely N-dealkylation sites (tertiary alicyclic amines) is 1. The molecule has 2 aliphatic rings. The monoisotopic (exact) mass is 362 g/mol. The molecule has 1 aliphatic heterocycles. The molecule has 4 nitrogen and oxygen atoms in total. The van der Waals surface area contributed by atoms with Gasteiger partial charge >= 0.3 is 0 Å². The van der Waals surface area contributed by atoms with Gasteiger partial charge in [0.05, 0.1) is 5.92 Å². The SMILES string of the molecule is O=C(NC1CCN(C(=O)C(c2ccccc2)c2ccccc2)CC1)C1CC1. The Bertz CT molecular complexity index is 739. The van der Waals surface area contributed by atoms with E-state index in [2.05, 4.69) is 5.32 Å². The van der Waals surface area contributed by atoms with Gasteiger partial charge < -0.3 is 10.2 Å². The van der Waals surface area contributed by atoms with Crippen LogP contribution >= 0.6 is 0 Å². The largest absolute Gasteiger partial charge is 0.353 e. The summed E-state index contributed by atoms with van der Waals surface area (Å²) in [5.41, 5.74) is 2.05. The van der Waals surface area contributed by atoms with Gasteiger partial charge in [0.25, 0.3) is 0 Å². The van der Waals surface area contributed by atoms with Gasteiger partial charge in [-0.15, -0.1) is 0 Å². The molecule has 1 heterocycles. The maximum atomic E-state index is 13.4. The van der Waals surface area contributed by atoms with E-state index in [-0.39, 0.29) is 29.7 Å². The topological polar surface area (TPSA) is 49.4 Å². The Kier molecular flexibility index (Phi) is 5.23. The Balaban J connectivity index is 1.45. The number of hydrogen-bond donors (Lipinski definition) is 1. The molecule has 2 aromatic rings. The normalized spacial score (nSPS) is 17.7. The van der Waals surface area contributed by atoms with Crippen molar-refractivity contribution in [2.45, 2.75) is 37.6 Å². The smallest absolute Gasteiger partial charge is 0.234 e. The highest BCUT2D eigenvalue weighted by Gasteiger charge is 2.34. The molecule has 0 bridgehead atoms. The van der Waals surface area contributed by atoms with Crippen molar-refractivity contribution in [3.8, 4) is 0 Å². The summed E-state index contributed by atoms with van der Waals surface area (Å²) in [6.45, 7) is 1.40. The molecule has 0 atom stereocenters. The zero-order valence-electron chi connectivity index (χ0n) is 15.5. The van der Waals surface area contributed by atoms with Gasteiger partial charge in [0, 0.05) is 25.0 Å². The van der Waals surface area contributed by atoms with Crippen LogP contribution in [0.3, 0.4) is 0 Å². The second-order valence-corrected chi connectivity index (χ2v) is 7.64. The number of hydrogen-bond acceptors (Lipinski definition) is 2. The van der Waals surface area contributed by atoms with Crippen LogP contribution in [-0.4, -0.2) is 35.8 Å². The number of nitrogens with zero attached hydrogens (tertiary/aromatic N) is 1. The van der Waals surface area contributed by atoms with Crippen LogP contribution in [0.25, 0.3) is 0 Å². The first kappa shape index (κ1) is 17.8. The predicted molar refractivity (Wildman–Crippen MR) is 105 cm³/mol. The highest BCUT2D eigenvalue weighted by atomic mass is 16.2. The molecule has 0 unspecified atom stereocenters. The number of carbonyl (C=O) groups is 2. The van der Waals surface area contributed by atoms with E-state index < -0.39 is 0 Å². The van der Waals surface area contributed by atoms with Crippen molar-refractivity contribution < 1.29 is 9.59 Å². The first-order valence-electron chi connectivity index (χ1n) is 9.91. The molecule has 1 N–H and O–H groups in total. The van der Waals surface area contributed by atoms with Crippen LogP contribution in [0.1, 0.15) is 42.7 Å². The third-order valence-corrected chi connectivity index (χ3v) is 5.61. The van der Waals surface area contributed by atoms with Crippen molar-refractivity contribution in [1.29, 1.82) is 0 Å². The Morgan fingerprint density at radius 3 is 1.81 bits per heavy atom. The zero-order valence-corrected chi connectivity index (χ0v) is 15.5. The summed E-state index contributed by atoms with van der Waals surface area (Å²) in [5.74, 6) is 0.320. The first-order chi connectivity index (χ1) is 13.2. The maximum Gasteiger partial charge on any atom is 0.234 e. The lowest BCUT2D eigenvalue weighted by atomic mass is 9.89. The number of benzene rings is 2. The minimum Gasteiger partial charge on any atom is -0.353 e. The van der Waals surface area contributed by atoms with E-state index in [9.17, 15) is 9.59 Å². The average Bonchev–Trinajstić information content (AvgIpc) is 3.56. The first-order valence-corrected chi connectivity index (χ1v) is 9.91. The molecule has 0 aromatic heterocycles. The average molecular weight is 362 g/mol. The van der Waals surface area contributed by atoms with Gasteiger partial charge in [-0.05, 0) is 36.8 Å². The Labute approximate surface area is 160 Å². The van der Waals surface area contributed by atoms with Gasteiger partial charge in [0.2, 0.25) is 11.8 Å². The van der Waals surface area contributed by atoms with Crippen LogP contribution in [0.5, 0.6) is 0 Å². The fourth-order valence-electron chi connectivity index (χ4n) is 3.86. The van der Waals surface area contributed by atoms with Gasteiger partial charge in [0.1, 0.15) is 0 Å². The second-order valence-electron chi connectivity index (χ2n) is 7.64. The van der Waals surface area contributed by atoms with E-state index in [0.29, 0.717) is 13.1 Å². The van der Waals surface area contributed by atoms with Crippen LogP contribution in [0.2, 0.25) is 0 Å². The second kappa shape index (κ2) is 7.95. The molecule has 1 saturated heterocycles. The Morgan fingerprint density at radius 2 is 1.33 bits per heavy atom. The predicted octanol–water partition coefficient (Wildman–Crippen LogP) is 3.34. The summed E-state index contributed by atoms with van der Waals surface area (Å²) in [6, 6.07) is 20.2. The van der Waals surface area contributed by atoms with Crippen molar-refractivity contribution >= 4 is 11.8 Å². The minimum atomic E-state index is -0.273. The molecule has 0 spiro atoms. The lowest BCUT2D eigenvalue weighted by Crippen LogP contribution is -2.48. The quantitative estimate of drug-likeness (QED) is 0.887. The summed E-state index contributed by atoms with van der Waals surface area (Å²) < 4.78 is 0. The number of amides is 2. The Hall–Kier alpha value is -2.62. The number of piperidine rings is 1. The van der Waals surface area contributed by atoms with E-state index >= 15 is 0 Å². The summed E-state index contributed by atoms with van der Waals surface area (Å²) in [5, 5.41) is 3.16. The van der Waals surface area contributed by atoms with E-state index in [1.54, 1.807) is 0 Å². The van der Waals surface area contributed by atoms with Gasteiger partial charge in [0.15, 0.2) is 0 Å². The van der Waals surface area contributed by atoms with Crippen LogP contribution in [-0.2, 0) is 9.59 Å². The minimum absolute atomic E-state index is 0.152. The summed E-state index contributed by atoms with van der Waals surface area (Å²) in [6.07, 6.45) is 3.72. The lowest BCUT2D eigenvalue weighted by Gasteiger charge is -2.35. The Morgan fingerprint density at radius 1 is 0.815 bits per heavy atom. The van der Waals surface area contributed by atoms with E-state index in [1.165, 1.54) is 0 Å². The van der Waals surface area contributed by atoms with Crippen molar-refractivity contribution in [1.82, 2.24) is 10.2 Å². The van der Waals surface area contributed by atoms with Gasteiger partial charge in [-0.1, -0.05) is 60.7 Å². The summed E-state index contributed by atoms with van der Waals surface area (Å²) >= 11 is 0. The summed E-state index contributed by atoms with van der Waals surface area (Å²) in [4.78, 5) is 27.3. The van der Waals surface area contributed by atoms with Gasteiger partial charge in [-0.3, -0.25) is 9.59 Å². The zero-order chi connectivity index (χ0) is 18.6. The molecule has 0 radical (unpaired) electrons. The standard InChI is InChI=1S/C23H26N2O2/c26-22(19-11-12-19)24-20-13-15-25(16-14-20)23(27)21(17-7-3-1-4-8-17)18-9-5-2-6-10-18/h1-10,19-21H,11-16H2,(H,24,26). The summed E-state index contributed by atoms with van der Waals surface area (Å²) in [7, 11) is 0. The fourth-order valence-corrected chi connectivity index (χ4v) is 3.86. The molecule has 2 aromatic carbocycles. The van der Waals surface area contributed by atoms with Crippen molar-refractivity contribution in [2.24, 2.45) is 5.92 Å². The van der Waals surface area contributed by atoms with Crippen molar-refractivity contribution in [3.05, 3.63) is 71.8 Å². The van der Waals surface area contributed by atoms with Gasteiger partial charge in [-0.2, -0.15) is 0 Å².